The van der Waals surface area contributed by atoms with E-state index in [2.05, 4.69) is 18.9 Å². The van der Waals surface area contributed by atoms with E-state index >= 15 is 0 Å². The van der Waals surface area contributed by atoms with Crippen LogP contribution in [0, 0.1) is 0 Å². The highest BCUT2D eigenvalue weighted by atomic mass is 16.7. The zero-order valence-corrected chi connectivity index (χ0v) is 11.7. The van der Waals surface area contributed by atoms with Crippen molar-refractivity contribution in [3.05, 3.63) is 0 Å². The summed E-state index contributed by atoms with van der Waals surface area (Å²) in [5.41, 5.74) is 5.71. The van der Waals surface area contributed by atoms with Gasteiger partial charge < -0.3 is 15.2 Å². The zero-order valence-electron chi connectivity index (χ0n) is 11.7. The van der Waals surface area contributed by atoms with Gasteiger partial charge in [0.25, 0.3) is 0 Å². The molecule has 0 bridgehead atoms. The van der Waals surface area contributed by atoms with Crippen molar-refractivity contribution in [1.82, 2.24) is 4.90 Å². The number of nitrogens with two attached hydrogens (primary N) is 1. The highest BCUT2D eigenvalue weighted by molar-refractivity contribution is 4.93. The third-order valence-electron chi connectivity index (χ3n) is 4.28. The molecule has 0 aromatic heterocycles. The number of nitrogens with zero attached hydrogens (tertiary/aromatic N) is 1. The predicted molar refractivity (Wildman–Crippen MR) is 69.9 cm³/mol. The Labute approximate surface area is 105 Å². The Morgan fingerprint density at radius 3 is 2.18 bits per heavy atom. The first kappa shape index (κ1) is 14.9. The van der Waals surface area contributed by atoms with Crippen LogP contribution in [0.4, 0.5) is 0 Å². The van der Waals surface area contributed by atoms with Gasteiger partial charge in [-0.05, 0) is 26.8 Å². The monoisotopic (exact) mass is 244 g/mol. The van der Waals surface area contributed by atoms with Gasteiger partial charge in [-0.2, -0.15) is 0 Å². The summed E-state index contributed by atoms with van der Waals surface area (Å²) in [7, 11) is 5.50. The molecule has 0 aromatic carbocycles. The van der Waals surface area contributed by atoms with Gasteiger partial charge >= 0.3 is 0 Å². The maximum atomic E-state index is 5.96. The molecule has 0 heterocycles. The molecule has 1 rings (SSSR count). The molecule has 4 nitrogen and oxygen atoms in total. The normalized spacial score (nSPS) is 22.1. The van der Waals surface area contributed by atoms with Crippen molar-refractivity contribution >= 4 is 0 Å². The zero-order chi connectivity index (χ0) is 12.9. The van der Waals surface area contributed by atoms with Crippen molar-refractivity contribution in [3.63, 3.8) is 0 Å². The van der Waals surface area contributed by atoms with E-state index in [1.165, 1.54) is 32.1 Å². The van der Waals surface area contributed by atoms with Crippen molar-refractivity contribution in [2.75, 3.05) is 27.8 Å². The van der Waals surface area contributed by atoms with Crippen LogP contribution in [0.15, 0.2) is 0 Å². The first-order valence-electron chi connectivity index (χ1n) is 6.58. The minimum absolute atomic E-state index is 0.258. The molecule has 1 aliphatic rings. The van der Waals surface area contributed by atoms with Crippen LogP contribution in [0.5, 0.6) is 0 Å². The first-order chi connectivity index (χ1) is 8.10. The smallest absolute Gasteiger partial charge is 0.176 e. The predicted octanol–water partition coefficient (Wildman–Crippen LogP) is 1.59. The Bertz CT molecular complexity index is 215. The topological polar surface area (TPSA) is 47.7 Å². The Morgan fingerprint density at radius 1 is 1.24 bits per heavy atom. The van der Waals surface area contributed by atoms with E-state index in [0.29, 0.717) is 12.6 Å². The average molecular weight is 244 g/mol. The minimum atomic E-state index is -0.278. The Morgan fingerprint density at radius 2 is 1.76 bits per heavy atom. The standard InChI is InChI=1S/C13H28N2O2/c1-13(10-14,12(16-3)17-4)15(2)11-8-6-5-7-9-11/h11-12H,5-10,14H2,1-4H3. The summed E-state index contributed by atoms with van der Waals surface area (Å²) in [6, 6.07) is 0.602. The number of ether oxygens (including phenoxy) is 2. The second kappa shape index (κ2) is 6.69. The molecule has 0 spiro atoms. The molecule has 1 fully saturated rings. The van der Waals surface area contributed by atoms with E-state index in [1.807, 2.05) is 0 Å². The molecule has 1 unspecified atom stereocenters. The summed E-state index contributed by atoms with van der Waals surface area (Å²) in [6.45, 7) is 2.66. The van der Waals surface area contributed by atoms with Gasteiger partial charge in [0.15, 0.2) is 6.29 Å². The molecular weight excluding hydrogens is 216 g/mol. The molecule has 102 valence electrons. The minimum Gasteiger partial charge on any atom is -0.354 e. The molecule has 4 heteroatoms. The van der Waals surface area contributed by atoms with Crippen molar-refractivity contribution in [2.24, 2.45) is 5.73 Å². The third kappa shape index (κ3) is 3.19. The number of methoxy groups -OCH3 is 2. The number of hydrogen-bond acceptors (Lipinski definition) is 4. The van der Waals surface area contributed by atoms with Crippen LogP contribution in [0.1, 0.15) is 39.0 Å². The molecular formula is C13H28N2O2. The average Bonchev–Trinajstić information content (AvgIpc) is 2.39. The molecule has 0 saturated heterocycles. The van der Waals surface area contributed by atoms with Crippen molar-refractivity contribution in [1.29, 1.82) is 0 Å². The number of likely N-dealkylation sites (N-methyl/N-ethyl adjacent to an activating group) is 1. The lowest BCUT2D eigenvalue weighted by Gasteiger charge is -2.47. The second-order valence-corrected chi connectivity index (χ2v) is 5.27. The van der Waals surface area contributed by atoms with Crippen molar-refractivity contribution in [3.8, 4) is 0 Å². The van der Waals surface area contributed by atoms with Gasteiger partial charge in [-0.3, -0.25) is 4.90 Å². The van der Waals surface area contributed by atoms with Gasteiger partial charge in [-0.15, -0.1) is 0 Å². The van der Waals surface area contributed by atoms with E-state index in [0.717, 1.165) is 0 Å². The van der Waals surface area contributed by atoms with Crippen LogP contribution in [0.2, 0.25) is 0 Å². The van der Waals surface area contributed by atoms with Gasteiger partial charge in [0.05, 0.1) is 5.54 Å². The molecule has 0 radical (unpaired) electrons. The fourth-order valence-corrected chi connectivity index (χ4v) is 2.90. The molecule has 17 heavy (non-hydrogen) atoms. The largest absolute Gasteiger partial charge is 0.354 e. The van der Waals surface area contributed by atoms with E-state index < -0.39 is 0 Å². The van der Waals surface area contributed by atoms with Crippen LogP contribution in [0.25, 0.3) is 0 Å². The molecule has 0 aliphatic heterocycles. The highest BCUT2D eigenvalue weighted by Crippen LogP contribution is 2.29. The van der Waals surface area contributed by atoms with Gasteiger partial charge in [0.2, 0.25) is 0 Å². The van der Waals surface area contributed by atoms with E-state index in [-0.39, 0.29) is 11.8 Å². The Kier molecular flexibility index (Phi) is 5.86. The summed E-state index contributed by atoms with van der Waals surface area (Å²) < 4.78 is 10.8. The molecule has 1 aliphatic carbocycles. The maximum absolute atomic E-state index is 5.96. The lowest BCUT2D eigenvalue weighted by Crippen LogP contribution is -2.62. The molecule has 0 amide bonds. The summed E-state index contributed by atoms with van der Waals surface area (Å²) >= 11 is 0. The lowest BCUT2D eigenvalue weighted by atomic mass is 9.89. The van der Waals surface area contributed by atoms with Crippen molar-refractivity contribution < 1.29 is 9.47 Å². The Hall–Kier alpha value is -0.160. The SMILES string of the molecule is COC(OC)C(C)(CN)N(C)C1CCCCC1. The van der Waals surface area contributed by atoms with Gasteiger partial charge in [0.1, 0.15) is 0 Å². The lowest BCUT2D eigenvalue weighted by molar-refractivity contribution is -0.184. The van der Waals surface area contributed by atoms with Crippen LogP contribution < -0.4 is 5.73 Å². The number of rotatable bonds is 6. The van der Waals surface area contributed by atoms with Crippen LogP contribution in [-0.4, -0.2) is 50.6 Å². The second-order valence-electron chi connectivity index (χ2n) is 5.27. The van der Waals surface area contributed by atoms with E-state index in [1.54, 1.807) is 14.2 Å². The van der Waals surface area contributed by atoms with Crippen LogP contribution in [-0.2, 0) is 9.47 Å². The quantitative estimate of drug-likeness (QED) is 0.721. The summed E-state index contributed by atoms with van der Waals surface area (Å²) in [6.07, 6.45) is 6.24. The van der Waals surface area contributed by atoms with Gasteiger partial charge in [-0.25, -0.2) is 0 Å². The van der Waals surface area contributed by atoms with E-state index in [4.69, 9.17) is 15.2 Å². The maximum Gasteiger partial charge on any atom is 0.176 e. The highest BCUT2D eigenvalue weighted by Gasteiger charge is 2.40. The molecule has 1 saturated carbocycles. The van der Waals surface area contributed by atoms with E-state index in [9.17, 15) is 0 Å². The van der Waals surface area contributed by atoms with Gasteiger partial charge in [0, 0.05) is 26.8 Å². The molecule has 0 aromatic rings. The Balaban J connectivity index is 2.75. The number of hydrogen-bond donors (Lipinski definition) is 1. The van der Waals surface area contributed by atoms with Crippen LogP contribution >= 0.6 is 0 Å². The molecule has 1 atom stereocenters. The summed E-state index contributed by atoms with van der Waals surface area (Å²) in [5, 5.41) is 0. The third-order valence-corrected chi connectivity index (χ3v) is 4.28. The van der Waals surface area contributed by atoms with Gasteiger partial charge in [-0.1, -0.05) is 19.3 Å². The summed E-state index contributed by atoms with van der Waals surface area (Å²) in [4.78, 5) is 2.36. The van der Waals surface area contributed by atoms with Crippen LogP contribution in [0.3, 0.4) is 0 Å². The van der Waals surface area contributed by atoms with Crippen molar-refractivity contribution in [2.45, 2.75) is 56.9 Å². The fraction of sp³-hybridized carbons (Fsp3) is 1.00. The first-order valence-corrected chi connectivity index (χ1v) is 6.58. The molecule has 2 N–H and O–H groups in total. The fourth-order valence-electron chi connectivity index (χ4n) is 2.90. The summed E-state index contributed by atoms with van der Waals surface area (Å²) in [5.74, 6) is 0.